The number of halogens is 3. The number of benzene rings is 1. The molecule has 1 aromatic carbocycles. The van der Waals surface area contributed by atoms with E-state index in [4.69, 9.17) is 11.6 Å². The van der Waals surface area contributed by atoms with Gasteiger partial charge in [0.05, 0.1) is 10.7 Å². The molecule has 3 rings (SSSR count). The molecule has 3 aromatic rings. The predicted octanol–water partition coefficient (Wildman–Crippen LogP) is 3.65. The second-order valence-electron chi connectivity index (χ2n) is 3.93. The van der Waals surface area contributed by atoms with Crippen LogP contribution in [0, 0.1) is 12.7 Å². The van der Waals surface area contributed by atoms with E-state index in [1.807, 2.05) is 0 Å². The predicted molar refractivity (Wildman–Crippen MR) is 73.6 cm³/mol. The lowest BCUT2D eigenvalue weighted by Gasteiger charge is -2.11. The maximum absolute atomic E-state index is 14.0. The number of fused-ring (bicyclic) bond motifs is 1. The summed E-state index contributed by atoms with van der Waals surface area (Å²) in [5.74, 6) is 0.0400. The van der Waals surface area contributed by atoms with Gasteiger partial charge in [0.25, 0.3) is 5.78 Å². The third kappa shape index (κ3) is 1.91. The molecule has 7 heteroatoms. The molecule has 0 N–H and O–H groups in total. The van der Waals surface area contributed by atoms with E-state index >= 15 is 0 Å². The Labute approximate surface area is 121 Å². The summed E-state index contributed by atoms with van der Waals surface area (Å²) in [6.07, 6.45) is 1.39. The lowest BCUT2D eigenvalue weighted by atomic mass is 10.1. The molecule has 0 unspecified atom stereocenters. The van der Waals surface area contributed by atoms with Crippen molar-refractivity contribution in [2.24, 2.45) is 0 Å². The average molecular weight is 342 g/mol. The number of aryl methyl sites for hydroxylation is 1. The lowest BCUT2D eigenvalue weighted by molar-refractivity contribution is 0.630. The van der Waals surface area contributed by atoms with Crippen LogP contribution in [0.5, 0.6) is 0 Å². The number of nitrogens with zero attached hydrogens (tertiary/aromatic N) is 4. The third-order valence-corrected chi connectivity index (χ3v) is 3.81. The molecular formula is C12H7BrClFN4. The van der Waals surface area contributed by atoms with Gasteiger partial charge < -0.3 is 0 Å². The van der Waals surface area contributed by atoms with Gasteiger partial charge in [-0.05, 0) is 35.0 Å². The lowest BCUT2D eigenvalue weighted by Crippen LogP contribution is -2.01. The van der Waals surface area contributed by atoms with Crippen LogP contribution in [0.3, 0.4) is 0 Å². The Bertz CT molecular complexity index is 766. The van der Waals surface area contributed by atoms with Crippen molar-refractivity contribution < 1.29 is 4.39 Å². The largest absolute Gasteiger partial charge is 0.253 e. The molecule has 0 bridgehead atoms. The van der Waals surface area contributed by atoms with Crippen molar-refractivity contribution in [1.29, 1.82) is 0 Å². The van der Waals surface area contributed by atoms with E-state index in [1.54, 1.807) is 19.1 Å². The minimum absolute atomic E-state index is 0.304. The maximum Gasteiger partial charge on any atom is 0.253 e. The summed E-state index contributed by atoms with van der Waals surface area (Å²) in [5, 5.41) is 4.36. The molecular weight excluding hydrogens is 335 g/mol. The Balaban J connectivity index is 2.42. The summed E-state index contributed by atoms with van der Waals surface area (Å²) < 4.78 is 16.1. The Morgan fingerprint density at radius 2 is 2.11 bits per heavy atom. The summed E-state index contributed by atoms with van der Waals surface area (Å²) in [4.78, 5) is 8.29. The third-order valence-electron chi connectivity index (χ3n) is 2.76. The van der Waals surface area contributed by atoms with E-state index in [1.165, 1.54) is 16.9 Å². The maximum atomic E-state index is 14.0. The summed E-state index contributed by atoms with van der Waals surface area (Å²) in [6, 6.07) is 4.56. The molecule has 2 aromatic heterocycles. The molecule has 0 saturated carbocycles. The van der Waals surface area contributed by atoms with Crippen molar-refractivity contribution in [3.63, 3.8) is 0 Å². The number of rotatable bonds is 1. The topological polar surface area (TPSA) is 43.1 Å². The van der Waals surface area contributed by atoms with Crippen molar-refractivity contribution in [3.05, 3.63) is 45.7 Å². The standard InChI is InChI=1S/C12H7BrClFN4/c1-6-9(10-7(14)3-2-4-8(10)15)11(13)19-12(18-6)16-5-17-19/h2-5H,1H3. The van der Waals surface area contributed by atoms with Crippen LogP contribution < -0.4 is 0 Å². The first-order valence-corrected chi connectivity index (χ1v) is 6.57. The van der Waals surface area contributed by atoms with Crippen molar-refractivity contribution in [3.8, 4) is 11.1 Å². The zero-order chi connectivity index (χ0) is 13.6. The molecule has 0 aliphatic heterocycles. The van der Waals surface area contributed by atoms with Crippen LogP contribution in [0.4, 0.5) is 4.39 Å². The van der Waals surface area contributed by atoms with Crippen LogP contribution in [-0.4, -0.2) is 19.6 Å². The normalized spacial score (nSPS) is 11.2. The van der Waals surface area contributed by atoms with Crippen LogP contribution in [-0.2, 0) is 0 Å². The first kappa shape index (κ1) is 12.5. The quantitative estimate of drug-likeness (QED) is 0.635. The van der Waals surface area contributed by atoms with E-state index in [-0.39, 0.29) is 0 Å². The van der Waals surface area contributed by atoms with Crippen LogP contribution in [0.1, 0.15) is 5.69 Å². The van der Waals surface area contributed by atoms with Crippen LogP contribution in [0.2, 0.25) is 5.02 Å². The molecule has 96 valence electrons. The second-order valence-corrected chi connectivity index (χ2v) is 5.09. The van der Waals surface area contributed by atoms with E-state index in [0.29, 0.717) is 32.2 Å². The molecule has 0 amide bonds. The smallest absolute Gasteiger partial charge is 0.216 e. The zero-order valence-electron chi connectivity index (χ0n) is 9.73. The summed E-state index contributed by atoms with van der Waals surface area (Å²) in [7, 11) is 0. The second kappa shape index (κ2) is 4.54. The molecule has 0 spiro atoms. The summed E-state index contributed by atoms with van der Waals surface area (Å²) in [5.41, 5.74) is 1.50. The fourth-order valence-corrected chi connectivity index (χ4v) is 2.92. The fraction of sp³-hybridized carbons (Fsp3) is 0.0833. The Kier molecular flexibility index (Phi) is 2.99. The van der Waals surface area contributed by atoms with Crippen molar-refractivity contribution in [1.82, 2.24) is 19.6 Å². The summed E-state index contributed by atoms with van der Waals surface area (Å²) >= 11 is 9.51. The highest BCUT2D eigenvalue weighted by Gasteiger charge is 2.19. The van der Waals surface area contributed by atoms with Gasteiger partial charge in [0.1, 0.15) is 16.7 Å². The monoisotopic (exact) mass is 340 g/mol. The number of hydrogen-bond acceptors (Lipinski definition) is 3. The highest BCUT2D eigenvalue weighted by molar-refractivity contribution is 9.10. The van der Waals surface area contributed by atoms with Gasteiger partial charge in [-0.25, -0.2) is 9.37 Å². The highest BCUT2D eigenvalue weighted by Crippen LogP contribution is 2.36. The van der Waals surface area contributed by atoms with Gasteiger partial charge in [-0.3, -0.25) is 0 Å². The molecule has 0 fully saturated rings. The first-order chi connectivity index (χ1) is 9.09. The average Bonchev–Trinajstić information content (AvgIpc) is 2.81. The Hall–Kier alpha value is -1.53. The van der Waals surface area contributed by atoms with E-state index < -0.39 is 5.82 Å². The highest BCUT2D eigenvalue weighted by atomic mass is 79.9. The molecule has 0 atom stereocenters. The van der Waals surface area contributed by atoms with E-state index in [0.717, 1.165) is 0 Å². The van der Waals surface area contributed by atoms with E-state index in [9.17, 15) is 4.39 Å². The minimum atomic E-state index is -0.405. The van der Waals surface area contributed by atoms with E-state index in [2.05, 4.69) is 31.0 Å². The van der Waals surface area contributed by atoms with Gasteiger partial charge in [0.2, 0.25) is 0 Å². The van der Waals surface area contributed by atoms with Crippen LogP contribution in [0.15, 0.2) is 29.1 Å². The Morgan fingerprint density at radius 3 is 2.84 bits per heavy atom. The van der Waals surface area contributed by atoms with Crippen LogP contribution >= 0.6 is 27.5 Å². The van der Waals surface area contributed by atoms with Gasteiger partial charge >= 0.3 is 0 Å². The van der Waals surface area contributed by atoms with Gasteiger partial charge in [-0.15, -0.1) is 0 Å². The fourth-order valence-electron chi connectivity index (χ4n) is 1.93. The minimum Gasteiger partial charge on any atom is -0.216 e. The van der Waals surface area contributed by atoms with Crippen molar-refractivity contribution in [2.45, 2.75) is 6.92 Å². The SMILES string of the molecule is Cc1nc2ncnn2c(Br)c1-c1c(F)cccc1Cl. The number of hydrogen-bond donors (Lipinski definition) is 0. The summed E-state index contributed by atoms with van der Waals surface area (Å²) in [6.45, 7) is 1.78. The van der Waals surface area contributed by atoms with Gasteiger partial charge in [0, 0.05) is 11.1 Å². The molecule has 0 aliphatic carbocycles. The zero-order valence-corrected chi connectivity index (χ0v) is 12.1. The number of aromatic nitrogens is 4. The molecule has 19 heavy (non-hydrogen) atoms. The molecule has 0 saturated heterocycles. The van der Waals surface area contributed by atoms with Crippen molar-refractivity contribution in [2.75, 3.05) is 0 Å². The molecule has 2 heterocycles. The van der Waals surface area contributed by atoms with Gasteiger partial charge in [0.15, 0.2) is 0 Å². The Morgan fingerprint density at radius 1 is 1.32 bits per heavy atom. The van der Waals surface area contributed by atoms with Gasteiger partial charge in [-0.1, -0.05) is 17.7 Å². The molecule has 0 radical (unpaired) electrons. The van der Waals surface area contributed by atoms with Crippen LogP contribution in [0.25, 0.3) is 16.9 Å². The molecule has 0 aliphatic rings. The van der Waals surface area contributed by atoms with Gasteiger partial charge in [-0.2, -0.15) is 14.6 Å². The first-order valence-electron chi connectivity index (χ1n) is 5.40. The molecule has 4 nitrogen and oxygen atoms in total. The van der Waals surface area contributed by atoms with Crippen molar-refractivity contribution >= 4 is 33.3 Å².